The molecule has 1 fully saturated rings. The molecule has 1 aliphatic rings. The quantitative estimate of drug-likeness (QED) is 0.337. The number of nitrogens with zero attached hydrogens (tertiary/aromatic N) is 2. The lowest BCUT2D eigenvalue weighted by Gasteiger charge is -2.35. The molecule has 1 aromatic rings. The monoisotopic (exact) mass is 437 g/mol. The van der Waals surface area contributed by atoms with Gasteiger partial charge < -0.3 is 24.6 Å². The minimum absolute atomic E-state index is 0.0342. The summed E-state index contributed by atoms with van der Waals surface area (Å²) in [5, 5.41) is 13.2. The Morgan fingerprint density at radius 3 is 2.45 bits per heavy atom. The second kappa shape index (κ2) is 14.0. The number of hydrogen-bond acceptors (Lipinski definition) is 8. The van der Waals surface area contributed by atoms with Crippen LogP contribution in [0.3, 0.4) is 0 Å². The fraction of sp³-hybridized carbons (Fsp3) is 0.636. The van der Waals surface area contributed by atoms with E-state index >= 15 is 0 Å². The van der Waals surface area contributed by atoms with Gasteiger partial charge in [0, 0.05) is 53.0 Å². The molecule has 0 aliphatic carbocycles. The number of carbonyl (C=O) groups is 2. The van der Waals surface area contributed by atoms with Crippen LogP contribution in [-0.4, -0.2) is 106 Å². The van der Waals surface area contributed by atoms with Crippen molar-refractivity contribution in [1.82, 2.24) is 15.1 Å². The summed E-state index contributed by atoms with van der Waals surface area (Å²) < 4.78 is 15.5. The summed E-state index contributed by atoms with van der Waals surface area (Å²) in [5.74, 6) is 0.261. The number of esters is 1. The molecule has 0 aromatic heterocycles. The van der Waals surface area contributed by atoms with E-state index in [4.69, 9.17) is 14.2 Å². The topological polar surface area (TPSA) is 101 Å². The molecule has 31 heavy (non-hydrogen) atoms. The van der Waals surface area contributed by atoms with E-state index in [1.165, 1.54) is 0 Å². The first-order valence-electron chi connectivity index (χ1n) is 10.8. The number of hydrogen-bond donors (Lipinski definition) is 2. The summed E-state index contributed by atoms with van der Waals surface area (Å²) in [4.78, 5) is 27.9. The second-order valence-corrected chi connectivity index (χ2v) is 7.48. The largest absolute Gasteiger partial charge is 0.491 e. The van der Waals surface area contributed by atoms with E-state index in [1.54, 1.807) is 38.3 Å². The van der Waals surface area contributed by atoms with Crippen molar-refractivity contribution in [2.24, 2.45) is 0 Å². The van der Waals surface area contributed by atoms with Gasteiger partial charge in [-0.15, -0.1) is 0 Å². The first-order chi connectivity index (χ1) is 15.0. The van der Waals surface area contributed by atoms with Crippen molar-refractivity contribution in [3.8, 4) is 5.75 Å². The zero-order valence-electron chi connectivity index (χ0n) is 18.5. The zero-order chi connectivity index (χ0) is 22.5. The predicted octanol–water partition coefficient (Wildman–Crippen LogP) is 0.373. The number of β-amino-alcohol motifs (C(OH)–C–C–N with tert-alkyl or cyclic N) is 1. The van der Waals surface area contributed by atoms with Gasteiger partial charge in [-0.1, -0.05) is 0 Å². The van der Waals surface area contributed by atoms with E-state index < -0.39 is 6.10 Å². The Balaban J connectivity index is 1.61. The highest BCUT2D eigenvalue weighted by Gasteiger charge is 2.21. The molecule has 174 valence electrons. The third-order valence-corrected chi connectivity index (χ3v) is 4.96. The maximum absolute atomic E-state index is 12.0. The Hall–Kier alpha value is -2.20. The van der Waals surface area contributed by atoms with Crippen molar-refractivity contribution >= 4 is 11.9 Å². The average Bonchev–Trinajstić information content (AvgIpc) is 2.77. The Bertz CT molecular complexity index is 662. The van der Waals surface area contributed by atoms with Gasteiger partial charge in [0.05, 0.1) is 18.7 Å². The normalized spacial score (nSPS) is 16.0. The third-order valence-electron chi connectivity index (χ3n) is 4.96. The summed E-state index contributed by atoms with van der Waals surface area (Å²) in [6, 6.07) is 6.68. The van der Waals surface area contributed by atoms with Crippen molar-refractivity contribution in [2.75, 3.05) is 72.7 Å². The first-order valence-corrected chi connectivity index (χ1v) is 10.8. The van der Waals surface area contributed by atoms with Gasteiger partial charge in [-0.25, -0.2) is 4.79 Å². The molecule has 2 N–H and O–H groups in total. The molecule has 1 aromatic carbocycles. The number of benzene rings is 1. The van der Waals surface area contributed by atoms with Crippen molar-refractivity contribution < 1.29 is 28.9 Å². The number of ether oxygens (including phenoxy) is 3. The van der Waals surface area contributed by atoms with E-state index in [0.29, 0.717) is 44.2 Å². The fourth-order valence-electron chi connectivity index (χ4n) is 3.28. The molecule has 9 heteroatoms. The SMILES string of the molecule is CCOC(=O)c1ccc(OC[C@H](O)CN2CCN(CC(=O)NCCCOC)CC2)cc1. The first kappa shape index (κ1) is 25.1. The second-order valence-electron chi connectivity index (χ2n) is 7.48. The van der Waals surface area contributed by atoms with E-state index in [0.717, 1.165) is 32.6 Å². The van der Waals surface area contributed by atoms with Crippen LogP contribution in [0, 0.1) is 0 Å². The van der Waals surface area contributed by atoms with Gasteiger partial charge in [0.1, 0.15) is 18.5 Å². The van der Waals surface area contributed by atoms with Gasteiger partial charge >= 0.3 is 5.97 Å². The molecule has 0 bridgehead atoms. The van der Waals surface area contributed by atoms with Gasteiger partial charge in [0.25, 0.3) is 0 Å². The Kier molecular flexibility index (Phi) is 11.3. The van der Waals surface area contributed by atoms with Crippen LogP contribution in [0.5, 0.6) is 5.75 Å². The number of piperazine rings is 1. The molecule has 0 spiro atoms. The van der Waals surface area contributed by atoms with Gasteiger partial charge in [-0.2, -0.15) is 0 Å². The van der Waals surface area contributed by atoms with E-state index in [9.17, 15) is 14.7 Å². The average molecular weight is 438 g/mol. The summed E-state index contributed by atoms with van der Waals surface area (Å²) in [6.45, 7) is 7.61. The van der Waals surface area contributed by atoms with Crippen LogP contribution in [-0.2, 0) is 14.3 Å². The number of carbonyl (C=O) groups excluding carboxylic acids is 2. The van der Waals surface area contributed by atoms with Crippen LogP contribution in [0.1, 0.15) is 23.7 Å². The van der Waals surface area contributed by atoms with Crippen molar-refractivity contribution in [2.45, 2.75) is 19.4 Å². The maximum Gasteiger partial charge on any atom is 0.338 e. The van der Waals surface area contributed by atoms with Gasteiger partial charge in [-0.3, -0.25) is 14.6 Å². The molecule has 1 heterocycles. The lowest BCUT2D eigenvalue weighted by Crippen LogP contribution is -2.51. The van der Waals surface area contributed by atoms with Crippen LogP contribution < -0.4 is 10.1 Å². The van der Waals surface area contributed by atoms with Crippen LogP contribution in [0.25, 0.3) is 0 Å². The van der Waals surface area contributed by atoms with Crippen molar-refractivity contribution in [3.63, 3.8) is 0 Å². The Morgan fingerprint density at radius 2 is 1.81 bits per heavy atom. The van der Waals surface area contributed by atoms with Crippen LogP contribution in [0.2, 0.25) is 0 Å². The fourth-order valence-corrected chi connectivity index (χ4v) is 3.28. The zero-order valence-corrected chi connectivity index (χ0v) is 18.5. The molecular weight excluding hydrogens is 402 g/mol. The van der Waals surface area contributed by atoms with Crippen molar-refractivity contribution in [1.29, 1.82) is 0 Å². The highest BCUT2D eigenvalue weighted by atomic mass is 16.5. The number of amides is 1. The Morgan fingerprint density at radius 1 is 1.13 bits per heavy atom. The van der Waals surface area contributed by atoms with E-state index in [-0.39, 0.29) is 18.5 Å². The molecule has 1 saturated heterocycles. The minimum atomic E-state index is -0.625. The molecule has 0 unspecified atom stereocenters. The number of aliphatic hydroxyl groups excluding tert-OH is 1. The predicted molar refractivity (Wildman–Crippen MR) is 116 cm³/mol. The van der Waals surface area contributed by atoms with E-state index in [1.807, 2.05) is 0 Å². The lowest BCUT2D eigenvalue weighted by molar-refractivity contribution is -0.122. The molecule has 1 aliphatic heterocycles. The standard InChI is InChI=1S/C22H35N3O6/c1-3-30-22(28)18-5-7-20(8-6-18)31-17-19(26)15-24-10-12-25(13-11-24)16-21(27)23-9-4-14-29-2/h5-8,19,26H,3-4,9-17H2,1-2H3,(H,23,27)/t19-/m1/s1. The van der Waals surface area contributed by atoms with Crippen LogP contribution in [0.15, 0.2) is 24.3 Å². The number of nitrogens with one attached hydrogen (secondary N) is 1. The highest BCUT2D eigenvalue weighted by molar-refractivity contribution is 5.89. The van der Waals surface area contributed by atoms with Crippen molar-refractivity contribution in [3.05, 3.63) is 29.8 Å². The summed E-state index contributed by atoms with van der Waals surface area (Å²) in [6.07, 6.45) is 0.186. The maximum atomic E-state index is 12.0. The van der Waals surface area contributed by atoms with Crippen LogP contribution >= 0.6 is 0 Å². The third kappa shape index (κ3) is 9.65. The summed E-state index contributed by atoms with van der Waals surface area (Å²) in [5.41, 5.74) is 0.469. The minimum Gasteiger partial charge on any atom is -0.491 e. The smallest absolute Gasteiger partial charge is 0.338 e. The number of aliphatic hydroxyl groups is 1. The Labute approximate surface area is 184 Å². The van der Waals surface area contributed by atoms with Gasteiger partial charge in [0.2, 0.25) is 5.91 Å². The van der Waals surface area contributed by atoms with Crippen LogP contribution in [0.4, 0.5) is 0 Å². The molecule has 2 rings (SSSR count). The number of methoxy groups -OCH3 is 1. The van der Waals surface area contributed by atoms with E-state index in [2.05, 4.69) is 15.1 Å². The summed E-state index contributed by atoms with van der Waals surface area (Å²) in [7, 11) is 1.65. The molecule has 0 saturated carbocycles. The molecule has 1 atom stereocenters. The van der Waals surface area contributed by atoms with Gasteiger partial charge in [-0.05, 0) is 37.6 Å². The molecule has 9 nitrogen and oxygen atoms in total. The number of rotatable bonds is 13. The molecular formula is C22H35N3O6. The summed E-state index contributed by atoms with van der Waals surface area (Å²) >= 11 is 0. The van der Waals surface area contributed by atoms with Gasteiger partial charge in [0.15, 0.2) is 0 Å². The lowest BCUT2D eigenvalue weighted by atomic mass is 10.2. The molecule has 1 amide bonds. The molecule has 0 radical (unpaired) electrons. The highest BCUT2D eigenvalue weighted by Crippen LogP contribution is 2.13.